The Balaban J connectivity index is 1.35. The van der Waals surface area contributed by atoms with E-state index in [9.17, 15) is 14.7 Å². The average Bonchev–Trinajstić information content (AvgIpc) is 3.21. The highest BCUT2D eigenvalue weighted by atomic mass is 16.5. The summed E-state index contributed by atoms with van der Waals surface area (Å²) < 4.78 is 7.24. The molecule has 0 spiro atoms. The van der Waals surface area contributed by atoms with Crippen LogP contribution in [-0.2, 0) is 11.3 Å². The van der Waals surface area contributed by atoms with E-state index in [-0.39, 0.29) is 11.8 Å². The van der Waals surface area contributed by atoms with Gasteiger partial charge < -0.3 is 24.6 Å². The van der Waals surface area contributed by atoms with Crippen molar-refractivity contribution in [2.24, 2.45) is 0 Å². The lowest BCUT2D eigenvalue weighted by Crippen LogP contribution is -2.53. The van der Waals surface area contributed by atoms with E-state index in [2.05, 4.69) is 10.3 Å². The predicted molar refractivity (Wildman–Crippen MR) is 120 cm³/mol. The van der Waals surface area contributed by atoms with Crippen molar-refractivity contribution in [2.45, 2.75) is 38.0 Å². The number of amides is 2. The molecule has 1 atom stereocenters. The van der Waals surface area contributed by atoms with E-state index in [4.69, 9.17) is 4.74 Å². The summed E-state index contributed by atoms with van der Waals surface area (Å²) in [5.41, 5.74) is 1.36. The largest absolute Gasteiger partial charge is 0.496 e. The number of fused-ring (bicyclic) bond motifs is 1. The highest BCUT2D eigenvalue weighted by molar-refractivity contribution is 5.99. The number of methoxy groups -OCH3 is 1. The van der Waals surface area contributed by atoms with Gasteiger partial charge in [0.25, 0.3) is 5.91 Å². The quantitative estimate of drug-likeness (QED) is 0.618. The van der Waals surface area contributed by atoms with E-state index < -0.39 is 11.6 Å². The van der Waals surface area contributed by atoms with Crippen LogP contribution in [0.25, 0.3) is 11.0 Å². The van der Waals surface area contributed by atoms with Gasteiger partial charge in [-0.2, -0.15) is 0 Å². The minimum atomic E-state index is -0.900. The molecule has 1 unspecified atom stereocenters. The summed E-state index contributed by atoms with van der Waals surface area (Å²) in [6, 6.07) is 12.0. The van der Waals surface area contributed by atoms with Crippen LogP contribution in [0, 0.1) is 0 Å². The van der Waals surface area contributed by atoms with Gasteiger partial charge in [-0.25, -0.2) is 0 Å². The number of aromatic nitrogens is 2. The highest BCUT2D eigenvalue weighted by Gasteiger charge is 2.36. The molecule has 1 aromatic carbocycles. The molecule has 0 saturated carbocycles. The van der Waals surface area contributed by atoms with Crippen LogP contribution in [0.1, 0.15) is 30.1 Å². The molecule has 32 heavy (non-hydrogen) atoms. The van der Waals surface area contributed by atoms with Crippen LogP contribution in [0.15, 0.2) is 54.9 Å². The first-order valence-corrected chi connectivity index (χ1v) is 10.8. The van der Waals surface area contributed by atoms with Gasteiger partial charge in [-0.15, -0.1) is 0 Å². The summed E-state index contributed by atoms with van der Waals surface area (Å²) in [4.78, 5) is 31.5. The molecule has 1 aliphatic rings. The Bertz CT molecular complexity index is 1120. The number of aliphatic hydroxyl groups is 1. The first-order valence-electron chi connectivity index (χ1n) is 10.8. The molecule has 1 fully saturated rings. The van der Waals surface area contributed by atoms with Gasteiger partial charge in [0.2, 0.25) is 5.91 Å². The third-order valence-electron chi connectivity index (χ3n) is 6.08. The molecule has 4 rings (SSSR count). The lowest BCUT2D eigenvalue weighted by atomic mass is 9.91. The Morgan fingerprint density at radius 2 is 1.94 bits per heavy atom. The summed E-state index contributed by atoms with van der Waals surface area (Å²) >= 11 is 0. The Morgan fingerprint density at radius 1 is 1.19 bits per heavy atom. The number of piperidine rings is 1. The van der Waals surface area contributed by atoms with Crippen molar-refractivity contribution in [3.8, 4) is 5.75 Å². The minimum absolute atomic E-state index is 0.161. The number of likely N-dealkylation sites (tertiary alicyclic amines) is 1. The van der Waals surface area contributed by atoms with Gasteiger partial charge in [0.05, 0.1) is 35.9 Å². The van der Waals surface area contributed by atoms with Gasteiger partial charge in [-0.3, -0.25) is 14.6 Å². The molecule has 8 heteroatoms. The van der Waals surface area contributed by atoms with Crippen LogP contribution in [0.5, 0.6) is 5.75 Å². The fourth-order valence-corrected chi connectivity index (χ4v) is 4.22. The molecule has 3 heterocycles. The topological polar surface area (TPSA) is 96.7 Å². The van der Waals surface area contributed by atoms with E-state index >= 15 is 0 Å². The number of para-hydroxylation sites is 1. The zero-order chi connectivity index (χ0) is 22.7. The summed E-state index contributed by atoms with van der Waals surface area (Å²) in [6.07, 6.45) is 4.61. The van der Waals surface area contributed by atoms with Crippen LogP contribution in [0.2, 0.25) is 0 Å². The zero-order valence-corrected chi connectivity index (χ0v) is 18.3. The maximum atomic E-state index is 12.9. The lowest BCUT2D eigenvalue weighted by molar-refractivity contribution is -0.137. The van der Waals surface area contributed by atoms with Crippen molar-refractivity contribution >= 4 is 22.8 Å². The fraction of sp³-hybridized carbons (Fsp3) is 0.375. The molecule has 1 saturated heterocycles. The second-order valence-electron chi connectivity index (χ2n) is 8.30. The van der Waals surface area contributed by atoms with Crippen molar-refractivity contribution < 1.29 is 19.4 Å². The molecule has 0 aliphatic carbocycles. The normalized spacial score (nSPS) is 16.5. The van der Waals surface area contributed by atoms with Crippen LogP contribution < -0.4 is 10.1 Å². The highest BCUT2D eigenvalue weighted by Crippen LogP contribution is 2.26. The minimum Gasteiger partial charge on any atom is -0.496 e. The molecular formula is C24H28N4O4. The van der Waals surface area contributed by atoms with Gasteiger partial charge in [0.1, 0.15) is 11.8 Å². The molecular weight excluding hydrogens is 408 g/mol. The van der Waals surface area contributed by atoms with E-state index in [1.807, 2.05) is 29.0 Å². The number of ether oxygens (including phenoxy) is 1. The van der Waals surface area contributed by atoms with Crippen molar-refractivity contribution in [1.29, 1.82) is 0 Å². The van der Waals surface area contributed by atoms with E-state index in [0.29, 0.717) is 43.8 Å². The number of hydrogen-bond acceptors (Lipinski definition) is 5. The first kappa shape index (κ1) is 21.8. The summed E-state index contributed by atoms with van der Waals surface area (Å²) in [5.74, 6) is -0.0590. The SMILES string of the molecule is COc1ccccc1C(=O)NC(C)C(=O)N1CCC(O)(Cn2ccc3ncccc32)CC1. The smallest absolute Gasteiger partial charge is 0.255 e. The van der Waals surface area contributed by atoms with Crippen LogP contribution >= 0.6 is 0 Å². The van der Waals surface area contributed by atoms with Crippen molar-refractivity contribution in [1.82, 2.24) is 19.8 Å². The van der Waals surface area contributed by atoms with Gasteiger partial charge >= 0.3 is 0 Å². The number of rotatable bonds is 6. The zero-order valence-electron chi connectivity index (χ0n) is 18.3. The number of benzene rings is 1. The lowest BCUT2D eigenvalue weighted by Gasteiger charge is -2.39. The second kappa shape index (κ2) is 9.00. The van der Waals surface area contributed by atoms with Crippen molar-refractivity contribution in [2.75, 3.05) is 20.2 Å². The molecule has 0 radical (unpaired) electrons. The van der Waals surface area contributed by atoms with E-state index in [0.717, 1.165) is 11.0 Å². The van der Waals surface area contributed by atoms with Gasteiger partial charge in [-0.1, -0.05) is 12.1 Å². The Labute approximate surface area is 186 Å². The molecule has 168 valence electrons. The molecule has 3 aromatic rings. The monoisotopic (exact) mass is 436 g/mol. The van der Waals surface area contributed by atoms with Gasteiger partial charge in [-0.05, 0) is 50.1 Å². The number of pyridine rings is 1. The number of hydrogen-bond donors (Lipinski definition) is 2. The summed E-state index contributed by atoms with van der Waals surface area (Å²) in [7, 11) is 1.50. The summed E-state index contributed by atoms with van der Waals surface area (Å²) in [6.45, 7) is 2.99. The summed E-state index contributed by atoms with van der Waals surface area (Å²) in [5, 5.41) is 13.9. The first-order chi connectivity index (χ1) is 15.4. The third kappa shape index (κ3) is 4.45. The Hall–Kier alpha value is -3.39. The Morgan fingerprint density at radius 3 is 2.69 bits per heavy atom. The molecule has 0 bridgehead atoms. The number of carbonyl (C=O) groups excluding carboxylic acids is 2. The second-order valence-corrected chi connectivity index (χ2v) is 8.30. The third-order valence-corrected chi connectivity index (χ3v) is 6.08. The maximum Gasteiger partial charge on any atom is 0.255 e. The maximum absolute atomic E-state index is 12.9. The Kier molecular flexibility index (Phi) is 6.14. The number of nitrogens with one attached hydrogen (secondary N) is 1. The van der Waals surface area contributed by atoms with Crippen LogP contribution in [0.3, 0.4) is 0 Å². The molecule has 8 nitrogen and oxygen atoms in total. The molecule has 2 amide bonds. The fourth-order valence-electron chi connectivity index (χ4n) is 4.22. The number of carbonyl (C=O) groups is 2. The standard InChI is InChI=1S/C24H28N4O4/c1-17(26-22(29)18-6-3-4-8-21(18)32-2)23(30)27-14-10-24(31,11-15-27)16-28-13-9-19-20(28)7-5-12-25-19/h3-9,12-13,17,31H,10-11,14-16H2,1-2H3,(H,26,29). The van der Waals surface area contributed by atoms with Crippen LogP contribution in [0.4, 0.5) is 0 Å². The van der Waals surface area contributed by atoms with Crippen molar-refractivity contribution in [3.63, 3.8) is 0 Å². The number of nitrogens with zero attached hydrogens (tertiary/aromatic N) is 3. The van der Waals surface area contributed by atoms with E-state index in [1.165, 1.54) is 7.11 Å². The average molecular weight is 437 g/mol. The molecule has 2 aromatic heterocycles. The predicted octanol–water partition coefficient (Wildman–Crippen LogP) is 2.22. The van der Waals surface area contributed by atoms with Crippen molar-refractivity contribution in [3.05, 3.63) is 60.4 Å². The molecule has 2 N–H and O–H groups in total. The molecule has 1 aliphatic heterocycles. The van der Waals surface area contributed by atoms with E-state index in [1.54, 1.807) is 42.3 Å². The van der Waals surface area contributed by atoms with Gasteiger partial charge in [0, 0.05) is 25.5 Å². The van der Waals surface area contributed by atoms with Gasteiger partial charge in [0.15, 0.2) is 0 Å². The van der Waals surface area contributed by atoms with Crippen LogP contribution in [-0.4, -0.2) is 63.2 Å².